The summed E-state index contributed by atoms with van der Waals surface area (Å²) in [5.41, 5.74) is 6.78. The third-order valence-electron chi connectivity index (χ3n) is 3.33. The van der Waals surface area contributed by atoms with E-state index in [1.807, 2.05) is 0 Å². The van der Waals surface area contributed by atoms with Crippen LogP contribution in [0.3, 0.4) is 0 Å². The van der Waals surface area contributed by atoms with Crippen molar-refractivity contribution in [3.8, 4) is 0 Å². The van der Waals surface area contributed by atoms with Crippen LogP contribution in [0.2, 0.25) is 0 Å². The van der Waals surface area contributed by atoms with E-state index < -0.39 is 0 Å². The zero-order valence-corrected chi connectivity index (χ0v) is 11.6. The van der Waals surface area contributed by atoms with Gasteiger partial charge < -0.3 is 16.2 Å². The Bertz CT molecular complexity index is 430. The van der Waals surface area contributed by atoms with Crippen molar-refractivity contribution in [2.24, 2.45) is 5.92 Å². The molecule has 98 valence electrons. The first-order valence-electron chi connectivity index (χ1n) is 6.08. The SMILES string of the molecule is Nc1cc(Br)cc(C(=O)NCC2CCCC2O)c1. The second-order valence-electron chi connectivity index (χ2n) is 4.74. The second-order valence-corrected chi connectivity index (χ2v) is 5.66. The van der Waals surface area contributed by atoms with Crippen LogP contribution in [0.4, 0.5) is 5.69 Å². The van der Waals surface area contributed by atoms with Gasteiger partial charge in [-0.3, -0.25) is 4.79 Å². The van der Waals surface area contributed by atoms with Crippen molar-refractivity contribution in [1.29, 1.82) is 0 Å². The molecule has 4 N–H and O–H groups in total. The highest BCUT2D eigenvalue weighted by molar-refractivity contribution is 9.10. The van der Waals surface area contributed by atoms with E-state index >= 15 is 0 Å². The average Bonchev–Trinajstić information content (AvgIpc) is 2.70. The van der Waals surface area contributed by atoms with Gasteiger partial charge in [-0.1, -0.05) is 22.4 Å². The number of nitrogens with two attached hydrogens (primary N) is 1. The van der Waals surface area contributed by atoms with Crippen LogP contribution in [-0.4, -0.2) is 23.7 Å². The van der Waals surface area contributed by atoms with Gasteiger partial charge in [-0.05, 0) is 31.0 Å². The summed E-state index contributed by atoms with van der Waals surface area (Å²) in [4.78, 5) is 11.9. The van der Waals surface area contributed by atoms with Crippen LogP contribution in [0.5, 0.6) is 0 Å². The molecular weight excluding hydrogens is 296 g/mol. The molecule has 1 aromatic carbocycles. The Balaban J connectivity index is 1.95. The zero-order chi connectivity index (χ0) is 13.1. The molecule has 0 heterocycles. The van der Waals surface area contributed by atoms with E-state index in [4.69, 9.17) is 5.73 Å². The number of anilines is 1. The first kappa shape index (κ1) is 13.4. The molecule has 0 saturated heterocycles. The Morgan fingerprint density at radius 3 is 2.83 bits per heavy atom. The summed E-state index contributed by atoms with van der Waals surface area (Å²) in [5.74, 6) is 0.0283. The summed E-state index contributed by atoms with van der Waals surface area (Å²) in [6.07, 6.45) is 2.57. The van der Waals surface area contributed by atoms with E-state index in [9.17, 15) is 9.90 Å². The number of amides is 1. The molecule has 1 aromatic rings. The Hall–Kier alpha value is -1.07. The van der Waals surface area contributed by atoms with Crippen LogP contribution >= 0.6 is 15.9 Å². The summed E-state index contributed by atoms with van der Waals surface area (Å²) >= 11 is 3.31. The first-order valence-corrected chi connectivity index (χ1v) is 6.88. The Kier molecular flexibility index (Phi) is 4.24. The van der Waals surface area contributed by atoms with E-state index in [1.54, 1.807) is 18.2 Å². The number of hydrogen-bond acceptors (Lipinski definition) is 3. The highest BCUT2D eigenvalue weighted by Gasteiger charge is 2.25. The molecule has 0 aromatic heterocycles. The molecule has 1 aliphatic rings. The van der Waals surface area contributed by atoms with Crippen molar-refractivity contribution in [3.05, 3.63) is 28.2 Å². The zero-order valence-electron chi connectivity index (χ0n) is 10.0. The lowest BCUT2D eigenvalue weighted by Gasteiger charge is -2.15. The van der Waals surface area contributed by atoms with Crippen LogP contribution in [0, 0.1) is 5.92 Å². The van der Waals surface area contributed by atoms with E-state index in [1.165, 1.54) is 0 Å². The molecule has 1 saturated carbocycles. The highest BCUT2D eigenvalue weighted by atomic mass is 79.9. The van der Waals surface area contributed by atoms with Crippen LogP contribution in [0.25, 0.3) is 0 Å². The van der Waals surface area contributed by atoms with Gasteiger partial charge in [0.05, 0.1) is 6.10 Å². The van der Waals surface area contributed by atoms with Gasteiger partial charge in [0.1, 0.15) is 0 Å². The molecule has 0 bridgehead atoms. The fraction of sp³-hybridized carbons (Fsp3) is 0.462. The van der Waals surface area contributed by atoms with Crippen molar-refractivity contribution >= 4 is 27.5 Å². The maximum atomic E-state index is 11.9. The molecule has 5 heteroatoms. The van der Waals surface area contributed by atoms with Crippen molar-refractivity contribution in [2.75, 3.05) is 12.3 Å². The summed E-state index contributed by atoms with van der Waals surface area (Å²) in [5, 5.41) is 12.5. The monoisotopic (exact) mass is 312 g/mol. The number of benzene rings is 1. The van der Waals surface area contributed by atoms with Crippen LogP contribution < -0.4 is 11.1 Å². The average molecular weight is 313 g/mol. The lowest BCUT2D eigenvalue weighted by molar-refractivity contribution is 0.0917. The van der Waals surface area contributed by atoms with Crippen LogP contribution in [0.1, 0.15) is 29.6 Å². The molecule has 2 atom stereocenters. The summed E-state index contributed by atoms with van der Waals surface area (Å²) < 4.78 is 0.786. The van der Waals surface area contributed by atoms with E-state index in [0.717, 1.165) is 23.7 Å². The Morgan fingerprint density at radius 2 is 2.22 bits per heavy atom. The smallest absolute Gasteiger partial charge is 0.251 e. The minimum Gasteiger partial charge on any atom is -0.399 e. The summed E-state index contributed by atoms with van der Waals surface area (Å²) in [6.45, 7) is 0.520. The molecule has 2 unspecified atom stereocenters. The van der Waals surface area contributed by atoms with Crippen molar-refractivity contribution in [3.63, 3.8) is 0 Å². The number of nitrogens with one attached hydrogen (secondary N) is 1. The predicted octanol–water partition coefficient (Wildman–Crippen LogP) is 1.92. The van der Waals surface area contributed by atoms with Gasteiger partial charge in [0, 0.05) is 28.2 Å². The summed E-state index contributed by atoms with van der Waals surface area (Å²) in [7, 11) is 0. The lowest BCUT2D eigenvalue weighted by Crippen LogP contribution is -2.32. The van der Waals surface area contributed by atoms with E-state index in [0.29, 0.717) is 17.8 Å². The van der Waals surface area contributed by atoms with Crippen molar-refractivity contribution < 1.29 is 9.90 Å². The number of aliphatic hydroxyl groups excluding tert-OH is 1. The van der Waals surface area contributed by atoms with Crippen LogP contribution in [0.15, 0.2) is 22.7 Å². The molecule has 1 aliphatic carbocycles. The molecule has 0 aliphatic heterocycles. The largest absolute Gasteiger partial charge is 0.399 e. The van der Waals surface area contributed by atoms with Gasteiger partial charge in [0.25, 0.3) is 5.91 Å². The molecule has 4 nitrogen and oxygen atoms in total. The van der Waals surface area contributed by atoms with Crippen molar-refractivity contribution in [1.82, 2.24) is 5.32 Å². The summed E-state index contributed by atoms with van der Waals surface area (Å²) in [6, 6.07) is 5.12. The van der Waals surface area contributed by atoms with E-state index in [-0.39, 0.29) is 17.9 Å². The maximum absolute atomic E-state index is 11.9. The van der Waals surface area contributed by atoms with Gasteiger partial charge in [0.15, 0.2) is 0 Å². The molecular formula is C13H17BrN2O2. The van der Waals surface area contributed by atoms with E-state index in [2.05, 4.69) is 21.2 Å². The first-order chi connectivity index (χ1) is 8.56. The quantitative estimate of drug-likeness (QED) is 0.746. The van der Waals surface area contributed by atoms with Gasteiger partial charge in [-0.25, -0.2) is 0 Å². The van der Waals surface area contributed by atoms with Gasteiger partial charge in [-0.15, -0.1) is 0 Å². The van der Waals surface area contributed by atoms with Crippen molar-refractivity contribution in [2.45, 2.75) is 25.4 Å². The third-order valence-corrected chi connectivity index (χ3v) is 3.78. The molecule has 1 fully saturated rings. The standard InChI is InChI=1S/C13H17BrN2O2/c14-10-4-9(5-11(15)6-10)13(18)16-7-8-2-1-3-12(8)17/h4-6,8,12,17H,1-3,7,15H2,(H,16,18). The lowest BCUT2D eigenvalue weighted by atomic mass is 10.1. The normalized spacial score (nSPS) is 23.0. The highest BCUT2D eigenvalue weighted by Crippen LogP contribution is 2.25. The predicted molar refractivity (Wildman–Crippen MR) is 74.2 cm³/mol. The number of halogens is 1. The number of carbonyl (C=O) groups is 1. The fourth-order valence-corrected chi connectivity index (χ4v) is 2.84. The number of rotatable bonds is 3. The Labute approximate surface area is 115 Å². The van der Waals surface area contributed by atoms with Gasteiger partial charge in [-0.2, -0.15) is 0 Å². The third kappa shape index (κ3) is 3.23. The molecule has 0 spiro atoms. The number of hydrogen-bond donors (Lipinski definition) is 3. The number of aliphatic hydroxyl groups is 1. The Morgan fingerprint density at radius 1 is 1.44 bits per heavy atom. The number of nitrogen functional groups attached to an aromatic ring is 1. The number of carbonyl (C=O) groups excluding carboxylic acids is 1. The molecule has 18 heavy (non-hydrogen) atoms. The minimum atomic E-state index is -0.280. The molecule has 1 amide bonds. The van der Waals surface area contributed by atoms with Gasteiger partial charge in [0.2, 0.25) is 0 Å². The maximum Gasteiger partial charge on any atom is 0.251 e. The molecule has 0 radical (unpaired) electrons. The minimum absolute atomic E-state index is 0.151. The fourth-order valence-electron chi connectivity index (χ4n) is 2.32. The molecule has 2 rings (SSSR count). The second kappa shape index (κ2) is 5.71. The van der Waals surface area contributed by atoms with Crippen LogP contribution in [-0.2, 0) is 0 Å². The van der Waals surface area contributed by atoms with Gasteiger partial charge >= 0.3 is 0 Å². The topological polar surface area (TPSA) is 75.4 Å².